The number of benzene rings is 2. The van der Waals surface area contributed by atoms with Crippen molar-refractivity contribution in [3.8, 4) is 11.1 Å². The van der Waals surface area contributed by atoms with Crippen molar-refractivity contribution in [1.82, 2.24) is 0 Å². The number of rotatable bonds is 13. The van der Waals surface area contributed by atoms with Crippen molar-refractivity contribution in [3.63, 3.8) is 0 Å². The minimum absolute atomic E-state index is 0.106. The largest absolute Gasteiger partial charge is 0.481 e. The number of carboxylic acids is 1. The molecule has 3 rings (SSSR count). The Bertz CT molecular complexity index is 797. The van der Waals surface area contributed by atoms with E-state index < -0.39 is 5.97 Å². The summed E-state index contributed by atoms with van der Waals surface area (Å²) in [5, 5.41) is 8.61. The first-order valence-corrected chi connectivity index (χ1v) is 11.2. The summed E-state index contributed by atoms with van der Waals surface area (Å²) < 4.78 is 5.64. The van der Waals surface area contributed by atoms with Crippen molar-refractivity contribution in [2.45, 2.75) is 70.1 Å². The number of unbranched alkanes of at least 4 members (excludes halogenated alkanes) is 7. The third kappa shape index (κ3) is 6.19. The molecule has 0 spiro atoms. The summed E-state index contributed by atoms with van der Waals surface area (Å²) in [4.78, 5) is 22.7. The predicted octanol–water partition coefficient (Wildman–Crippen LogP) is 6.33. The number of fused-ring (bicyclic) bond motifs is 3. The van der Waals surface area contributed by atoms with E-state index in [0.717, 1.165) is 51.4 Å². The molecule has 0 bridgehead atoms. The second-order valence-corrected chi connectivity index (χ2v) is 8.13. The molecule has 0 amide bonds. The molecule has 0 heterocycles. The van der Waals surface area contributed by atoms with Gasteiger partial charge in [-0.2, -0.15) is 0 Å². The van der Waals surface area contributed by atoms with Crippen LogP contribution in [0.5, 0.6) is 0 Å². The van der Waals surface area contributed by atoms with E-state index in [1.54, 1.807) is 0 Å². The Morgan fingerprint density at radius 3 is 1.70 bits per heavy atom. The standard InChI is InChI=1S/C26H32O4/c27-25(28)17-7-5-3-1-2-4-6-8-18-26(29)30-19-24-22-15-11-9-13-20(22)21-14-10-12-16-23(21)24/h9-16,24H,1-8,17-19H2,(H,27,28). The van der Waals surface area contributed by atoms with Crippen LogP contribution in [0, 0.1) is 0 Å². The Labute approximate surface area is 179 Å². The van der Waals surface area contributed by atoms with E-state index in [4.69, 9.17) is 9.84 Å². The van der Waals surface area contributed by atoms with Crippen LogP contribution in [0.4, 0.5) is 0 Å². The van der Waals surface area contributed by atoms with Crippen molar-refractivity contribution in [1.29, 1.82) is 0 Å². The van der Waals surface area contributed by atoms with E-state index >= 15 is 0 Å². The summed E-state index contributed by atoms with van der Waals surface area (Å²) in [7, 11) is 0. The van der Waals surface area contributed by atoms with Crippen LogP contribution < -0.4 is 0 Å². The first-order chi connectivity index (χ1) is 14.7. The molecule has 1 N–H and O–H groups in total. The molecular weight excluding hydrogens is 376 g/mol. The monoisotopic (exact) mass is 408 g/mol. The molecule has 0 saturated heterocycles. The second kappa shape index (κ2) is 11.5. The maximum Gasteiger partial charge on any atom is 0.305 e. The molecule has 0 atom stereocenters. The highest BCUT2D eigenvalue weighted by Gasteiger charge is 2.28. The quantitative estimate of drug-likeness (QED) is 0.311. The topological polar surface area (TPSA) is 63.6 Å². The SMILES string of the molecule is O=C(O)CCCCCCCCCCC(=O)OCC1c2ccccc2-c2ccccc21. The molecule has 0 fully saturated rings. The van der Waals surface area contributed by atoms with E-state index in [0.29, 0.717) is 13.0 Å². The number of esters is 1. The normalized spacial score (nSPS) is 12.4. The van der Waals surface area contributed by atoms with Gasteiger partial charge in [0.25, 0.3) is 0 Å². The van der Waals surface area contributed by atoms with Gasteiger partial charge in [0.2, 0.25) is 0 Å². The van der Waals surface area contributed by atoms with Gasteiger partial charge < -0.3 is 9.84 Å². The number of carbonyl (C=O) groups is 2. The van der Waals surface area contributed by atoms with Crippen molar-refractivity contribution in [3.05, 3.63) is 59.7 Å². The van der Waals surface area contributed by atoms with Gasteiger partial charge in [0.05, 0.1) is 0 Å². The van der Waals surface area contributed by atoms with Gasteiger partial charge in [-0.25, -0.2) is 0 Å². The third-order valence-corrected chi connectivity index (χ3v) is 5.90. The number of carboxylic acid groups (broad SMARTS) is 1. The molecule has 0 saturated carbocycles. The minimum atomic E-state index is -0.705. The Morgan fingerprint density at radius 2 is 1.17 bits per heavy atom. The van der Waals surface area contributed by atoms with E-state index in [2.05, 4.69) is 36.4 Å². The fraction of sp³-hybridized carbons (Fsp3) is 0.462. The predicted molar refractivity (Wildman–Crippen MR) is 118 cm³/mol. The van der Waals surface area contributed by atoms with Crippen LogP contribution in [0.15, 0.2) is 48.5 Å². The zero-order chi connectivity index (χ0) is 21.2. The summed E-state index contributed by atoms with van der Waals surface area (Å²) in [6, 6.07) is 16.8. The molecular formula is C26H32O4. The average molecular weight is 409 g/mol. The van der Waals surface area contributed by atoms with Gasteiger partial charge in [-0.3, -0.25) is 9.59 Å². The summed E-state index contributed by atoms with van der Waals surface area (Å²) in [6.07, 6.45) is 8.95. The number of aliphatic carboxylic acids is 1. The lowest BCUT2D eigenvalue weighted by molar-refractivity contribution is -0.144. The molecule has 1 aliphatic carbocycles. The number of hydrogen-bond donors (Lipinski definition) is 1. The summed E-state index contributed by atoms with van der Waals surface area (Å²) in [5.74, 6) is -0.684. The van der Waals surface area contributed by atoms with Crippen molar-refractivity contribution < 1.29 is 19.4 Å². The van der Waals surface area contributed by atoms with Crippen LogP contribution in [-0.2, 0) is 14.3 Å². The van der Waals surface area contributed by atoms with E-state index in [1.165, 1.54) is 22.3 Å². The lowest BCUT2D eigenvalue weighted by Gasteiger charge is -2.14. The Morgan fingerprint density at radius 1 is 0.700 bits per heavy atom. The summed E-state index contributed by atoms with van der Waals surface area (Å²) >= 11 is 0. The zero-order valence-electron chi connectivity index (χ0n) is 17.6. The van der Waals surface area contributed by atoms with Crippen LogP contribution >= 0.6 is 0 Å². The lowest BCUT2D eigenvalue weighted by Crippen LogP contribution is -2.12. The molecule has 4 nitrogen and oxygen atoms in total. The van der Waals surface area contributed by atoms with Gasteiger partial charge in [0, 0.05) is 18.8 Å². The molecule has 0 aromatic heterocycles. The van der Waals surface area contributed by atoms with Gasteiger partial charge >= 0.3 is 11.9 Å². The average Bonchev–Trinajstić information content (AvgIpc) is 3.07. The van der Waals surface area contributed by atoms with Crippen LogP contribution in [-0.4, -0.2) is 23.7 Å². The number of hydrogen-bond acceptors (Lipinski definition) is 3. The van der Waals surface area contributed by atoms with Gasteiger partial charge in [-0.1, -0.05) is 87.1 Å². The maximum absolute atomic E-state index is 12.2. The Kier molecular flexibility index (Phi) is 8.49. The van der Waals surface area contributed by atoms with Gasteiger partial charge in [0.1, 0.15) is 6.61 Å². The molecule has 2 aromatic carbocycles. The molecule has 4 heteroatoms. The van der Waals surface area contributed by atoms with Crippen LogP contribution in [0.25, 0.3) is 11.1 Å². The second-order valence-electron chi connectivity index (χ2n) is 8.13. The van der Waals surface area contributed by atoms with Crippen molar-refractivity contribution in [2.75, 3.05) is 6.61 Å². The highest BCUT2D eigenvalue weighted by Crippen LogP contribution is 2.44. The lowest BCUT2D eigenvalue weighted by atomic mass is 9.98. The minimum Gasteiger partial charge on any atom is -0.481 e. The fourth-order valence-electron chi connectivity index (χ4n) is 4.29. The van der Waals surface area contributed by atoms with E-state index in [1.807, 2.05) is 12.1 Å². The van der Waals surface area contributed by atoms with E-state index in [-0.39, 0.29) is 18.3 Å². The molecule has 0 unspecified atom stereocenters. The van der Waals surface area contributed by atoms with Crippen LogP contribution in [0.1, 0.15) is 81.3 Å². The summed E-state index contributed by atoms with van der Waals surface area (Å²) in [6.45, 7) is 0.406. The Balaban J connectivity index is 1.31. The summed E-state index contributed by atoms with van der Waals surface area (Å²) in [5.41, 5.74) is 4.99. The van der Waals surface area contributed by atoms with Crippen LogP contribution in [0.2, 0.25) is 0 Å². The smallest absolute Gasteiger partial charge is 0.305 e. The highest BCUT2D eigenvalue weighted by atomic mass is 16.5. The Hall–Kier alpha value is -2.62. The molecule has 160 valence electrons. The van der Waals surface area contributed by atoms with Gasteiger partial charge in [0.15, 0.2) is 0 Å². The maximum atomic E-state index is 12.2. The third-order valence-electron chi connectivity index (χ3n) is 5.90. The van der Waals surface area contributed by atoms with Gasteiger partial charge in [-0.05, 0) is 35.1 Å². The van der Waals surface area contributed by atoms with Gasteiger partial charge in [-0.15, -0.1) is 0 Å². The number of ether oxygens (including phenoxy) is 1. The highest BCUT2D eigenvalue weighted by molar-refractivity contribution is 5.79. The first-order valence-electron chi connectivity index (χ1n) is 11.2. The van der Waals surface area contributed by atoms with Crippen molar-refractivity contribution >= 4 is 11.9 Å². The zero-order valence-corrected chi connectivity index (χ0v) is 17.6. The molecule has 2 aromatic rings. The van der Waals surface area contributed by atoms with E-state index in [9.17, 15) is 9.59 Å². The molecule has 30 heavy (non-hydrogen) atoms. The molecule has 1 aliphatic rings. The first kappa shape index (κ1) is 22.1. The van der Waals surface area contributed by atoms with Crippen LogP contribution in [0.3, 0.4) is 0 Å². The fourth-order valence-corrected chi connectivity index (χ4v) is 4.29. The van der Waals surface area contributed by atoms with Crippen molar-refractivity contribution in [2.24, 2.45) is 0 Å². The number of carbonyl (C=O) groups excluding carboxylic acids is 1. The molecule has 0 aliphatic heterocycles. The molecule has 0 radical (unpaired) electrons.